The second-order valence-corrected chi connectivity index (χ2v) is 5.67. The highest BCUT2D eigenvalue weighted by atomic mass is 127. The van der Waals surface area contributed by atoms with Crippen LogP contribution in [0.3, 0.4) is 0 Å². The van der Waals surface area contributed by atoms with E-state index in [0.717, 1.165) is 24.9 Å². The predicted molar refractivity (Wildman–Crippen MR) is 78.5 cm³/mol. The van der Waals surface area contributed by atoms with Crippen molar-refractivity contribution in [1.82, 2.24) is 14.6 Å². The van der Waals surface area contributed by atoms with Gasteiger partial charge in [0.15, 0.2) is 5.65 Å². The van der Waals surface area contributed by atoms with Crippen LogP contribution in [0.2, 0.25) is 0 Å². The molecule has 0 spiro atoms. The van der Waals surface area contributed by atoms with Crippen LogP contribution >= 0.6 is 33.9 Å². The zero-order valence-electron chi connectivity index (χ0n) is 9.16. The number of fused-ring (bicyclic) bond motifs is 1. The summed E-state index contributed by atoms with van der Waals surface area (Å²) in [7, 11) is 0. The summed E-state index contributed by atoms with van der Waals surface area (Å²) in [6.45, 7) is 0. The zero-order valence-corrected chi connectivity index (χ0v) is 12.1. The number of nitrogens with one attached hydrogen (secondary N) is 1. The first-order chi connectivity index (χ1) is 9.09. The average molecular weight is 388 g/mol. The molecule has 3 heterocycles. The van der Waals surface area contributed by atoms with Crippen molar-refractivity contribution in [3.63, 3.8) is 0 Å². The van der Waals surface area contributed by atoms with Crippen molar-refractivity contribution >= 4 is 45.3 Å². The second-order valence-electron chi connectivity index (χ2n) is 3.64. The lowest BCUT2D eigenvalue weighted by Gasteiger charge is -1.92. The van der Waals surface area contributed by atoms with Gasteiger partial charge in [-0.3, -0.25) is 20.0 Å². The normalized spacial score (nSPS) is 11.0. The molecule has 96 valence electrons. The maximum atomic E-state index is 12.0. The Labute approximate surface area is 123 Å². The molecule has 0 aliphatic heterocycles. The summed E-state index contributed by atoms with van der Waals surface area (Å²) >= 11 is 3.57. The molecule has 1 N–H and O–H groups in total. The van der Waals surface area contributed by atoms with Gasteiger partial charge in [0, 0.05) is 0 Å². The van der Waals surface area contributed by atoms with Crippen molar-refractivity contribution in [2.24, 2.45) is 0 Å². The summed E-state index contributed by atoms with van der Waals surface area (Å²) in [5, 5.41) is 15.5. The van der Waals surface area contributed by atoms with E-state index in [4.69, 9.17) is 0 Å². The number of rotatable bonds is 2. The molecule has 0 aliphatic rings. The Morgan fingerprint density at radius 2 is 2.32 bits per heavy atom. The number of halogens is 1. The highest BCUT2D eigenvalue weighted by molar-refractivity contribution is 14.1. The molecule has 0 atom stereocenters. The van der Waals surface area contributed by atoms with Gasteiger partial charge in [-0.25, -0.2) is 4.98 Å². The van der Waals surface area contributed by atoms with Gasteiger partial charge in [-0.05, 0) is 34.0 Å². The molecule has 0 bridgehead atoms. The first-order valence-electron chi connectivity index (χ1n) is 5.07. The largest absolute Gasteiger partial charge is 0.354 e. The number of nitro groups is 1. The Balaban J connectivity index is 2.36. The maximum Gasteiger partial charge on any atom is 0.354 e. The number of aromatic amines is 1. The zero-order chi connectivity index (χ0) is 13.6. The van der Waals surface area contributed by atoms with Crippen LogP contribution in [0.15, 0.2) is 28.5 Å². The number of H-pyrrole nitrogens is 1. The van der Waals surface area contributed by atoms with Crippen LogP contribution in [0.1, 0.15) is 0 Å². The van der Waals surface area contributed by atoms with Crippen molar-refractivity contribution in [3.05, 3.63) is 47.7 Å². The molecular formula is C10H5IN4O3S. The molecule has 0 saturated carbocycles. The van der Waals surface area contributed by atoms with E-state index >= 15 is 0 Å². The fourth-order valence-corrected chi connectivity index (χ4v) is 3.39. The predicted octanol–water partition coefficient (Wildman–Crippen LogP) is 2.26. The Hall–Kier alpha value is -1.75. The number of aromatic nitrogens is 3. The second kappa shape index (κ2) is 4.42. The minimum Gasteiger partial charge on any atom is -0.287 e. The molecule has 0 fully saturated rings. The molecule has 0 aliphatic carbocycles. The van der Waals surface area contributed by atoms with Crippen LogP contribution in [0.25, 0.3) is 16.2 Å². The van der Waals surface area contributed by atoms with Gasteiger partial charge in [-0.1, -0.05) is 6.07 Å². The minimum absolute atomic E-state index is 0.389. The van der Waals surface area contributed by atoms with Gasteiger partial charge in [-0.15, -0.1) is 11.3 Å². The average Bonchev–Trinajstić information content (AvgIpc) is 2.98. The lowest BCUT2D eigenvalue weighted by atomic mass is 10.3. The van der Waals surface area contributed by atoms with E-state index in [2.05, 4.69) is 32.7 Å². The van der Waals surface area contributed by atoms with E-state index in [1.807, 2.05) is 17.5 Å². The first-order valence-corrected chi connectivity index (χ1v) is 7.03. The van der Waals surface area contributed by atoms with Crippen LogP contribution in [0, 0.1) is 13.7 Å². The van der Waals surface area contributed by atoms with Crippen molar-refractivity contribution in [2.45, 2.75) is 0 Å². The lowest BCUT2D eigenvalue weighted by molar-refractivity contribution is -0.386. The van der Waals surface area contributed by atoms with Crippen LogP contribution in [-0.4, -0.2) is 19.5 Å². The van der Waals surface area contributed by atoms with Crippen LogP contribution < -0.4 is 5.56 Å². The maximum absolute atomic E-state index is 12.0. The summed E-state index contributed by atoms with van der Waals surface area (Å²) in [4.78, 5) is 26.9. The molecule has 0 unspecified atom stereocenters. The van der Waals surface area contributed by atoms with Crippen LogP contribution in [0.4, 0.5) is 5.69 Å². The first kappa shape index (κ1) is 12.3. The molecule has 3 rings (SSSR count). The van der Waals surface area contributed by atoms with Gasteiger partial charge >= 0.3 is 11.2 Å². The quantitative estimate of drug-likeness (QED) is 0.414. The van der Waals surface area contributed by atoms with Crippen molar-refractivity contribution in [2.75, 3.05) is 0 Å². The smallest absolute Gasteiger partial charge is 0.287 e. The molecular weight excluding hydrogens is 383 g/mol. The van der Waals surface area contributed by atoms with E-state index in [0.29, 0.717) is 5.65 Å². The molecule has 0 amide bonds. The fourth-order valence-electron chi connectivity index (χ4n) is 1.69. The third-order valence-electron chi connectivity index (χ3n) is 2.55. The van der Waals surface area contributed by atoms with Gasteiger partial charge < -0.3 is 0 Å². The Morgan fingerprint density at radius 3 is 2.95 bits per heavy atom. The highest BCUT2D eigenvalue weighted by Crippen LogP contribution is 2.29. The Morgan fingerprint density at radius 1 is 1.53 bits per heavy atom. The standard InChI is InChI=1S/C10H5IN4O3S/c11-7-8(6-2-1-3-19-6)13-14-9(7)12-4-5(10(14)16)15(17)18/h1-4,13H. The number of thiophene rings is 1. The molecule has 19 heavy (non-hydrogen) atoms. The Kier molecular flexibility index (Phi) is 2.86. The Bertz CT molecular complexity index is 836. The third-order valence-corrected chi connectivity index (χ3v) is 4.46. The number of hydrogen-bond donors (Lipinski definition) is 1. The van der Waals surface area contributed by atoms with Crippen molar-refractivity contribution < 1.29 is 4.92 Å². The molecule has 3 aromatic rings. The molecule has 7 nitrogen and oxygen atoms in total. The monoisotopic (exact) mass is 388 g/mol. The van der Waals surface area contributed by atoms with Crippen LogP contribution in [0.5, 0.6) is 0 Å². The summed E-state index contributed by atoms with van der Waals surface area (Å²) in [6, 6.07) is 3.79. The lowest BCUT2D eigenvalue weighted by Crippen LogP contribution is -2.18. The van der Waals surface area contributed by atoms with E-state index in [1.54, 1.807) is 0 Å². The topological polar surface area (TPSA) is 93.3 Å². The fraction of sp³-hybridized carbons (Fsp3) is 0. The van der Waals surface area contributed by atoms with Gasteiger partial charge in [-0.2, -0.15) is 4.52 Å². The van der Waals surface area contributed by atoms with Gasteiger partial charge in [0.2, 0.25) is 0 Å². The van der Waals surface area contributed by atoms with E-state index in [-0.39, 0.29) is 0 Å². The van der Waals surface area contributed by atoms with E-state index in [1.165, 1.54) is 11.3 Å². The summed E-state index contributed by atoms with van der Waals surface area (Å²) in [5.41, 5.74) is -0.135. The molecule has 9 heteroatoms. The highest BCUT2D eigenvalue weighted by Gasteiger charge is 2.20. The van der Waals surface area contributed by atoms with E-state index in [9.17, 15) is 14.9 Å². The van der Waals surface area contributed by atoms with E-state index < -0.39 is 16.2 Å². The minimum atomic E-state index is -0.736. The van der Waals surface area contributed by atoms with Crippen molar-refractivity contribution in [1.29, 1.82) is 0 Å². The molecule has 3 aromatic heterocycles. The van der Waals surface area contributed by atoms with Gasteiger partial charge in [0.25, 0.3) is 0 Å². The molecule has 0 radical (unpaired) electrons. The summed E-state index contributed by atoms with van der Waals surface area (Å²) < 4.78 is 1.86. The van der Waals surface area contributed by atoms with Crippen LogP contribution in [-0.2, 0) is 0 Å². The third kappa shape index (κ3) is 1.85. The van der Waals surface area contributed by atoms with Gasteiger partial charge in [0.05, 0.1) is 19.1 Å². The molecule has 0 saturated heterocycles. The van der Waals surface area contributed by atoms with Crippen molar-refractivity contribution in [3.8, 4) is 10.6 Å². The number of nitrogens with zero attached hydrogens (tertiary/aromatic N) is 3. The molecule has 0 aromatic carbocycles. The van der Waals surface area contributed by atoms with Gasteiger partial charge in [0.1, 0.15) is 6.20 Å². The summed E-state index contributed by atoms with van der Waals surface area (Å²) in [6.07, 6.45) is 0.992. The number of hydrogen-bond acceptors (Lipinski definition) is 5. The SMILES string of the molecule is O=c1c([N+](=O)[O-])cnc2c(I)c(-c3cccs3)[nH]n12. The summed E-state index contributed by atoms with van der Waals surface area (Å²) in [5.74, 6) is 0.